The number of rotatable bonds is 18. The molecular weight excluding hydrogens is 881 g/mol. The summed E-state index contributed by atoms with van der Waals surface area (Å²) in [5, 5.41) is 10.2. The van der Waals surface area contributed by atoms with Crippen molar-refractivity contribution >= 4 is 72.8 Å². The minimum atomic E-state index is -6.10. The van der Waals surface area contributed by atoms with Crippen LogP contribution in [0, 0.1) is 0 Å². The first-order valence-corrected chi connectivity index (χ1v) is 21.2. The van der Waals surface area contributed by atoms with Crippen molar-refractivity contribution in [1.29, 1.82) is 0 Å². The van der Waals surface area contributed by atoms with Gasteiger partial charge in [-0.25, -0.2) is 29.3 Å². The topological polar surface area (TPSA) is 493 Å². The Hall–Kier alpha value is -1.07. The van der Waals surface area contributed by atoms with Crippen LogP contribution in [0.2, 0.25) is 0 Å². The summed E-state index contributed by atoms with van der Waals surface area (Å²) >= 11 is 0. The van der Waals surface area contributed by atoms with Gasteiger partial charge in [-0.15, -0.1) is 0 Å². The Bertz CT molecular complexity index is 2000. The molecular formula is C12H22O32S7. The molecule has 32 nitrogen and oxygen atoms in total. The number of aliphatic hydroxyl groups excluding tert-OH is 1. The molecule has 2 rings (SSSR count). The Morgan fingerprint density at radius 1 is 0.392 bits per heavy atom. The maximum atomic E-state index is 11.7. The van der Waals surface area contributed by atoms with E-state index in [4.69, 9.17) is 27.9 Å². The van der Waals surface area contributed by atoms with Gasteiger partial charge in [0.2, 0.25) is 0 Å². The van der Waals surface area contributed by atoms with Crippen LogP contribution in [0.3, 0.4) is 0 Å². The lowest BCUT2D eigenvalue weighted by molar-refractivity contribution is -0.343. The summed E-state index contributed by atoms with van der Waals surface area (Å²) in [6, 6.07) is 0. The molecule has 0 aromatic rings. The Morgan fingerprint density at radius 3 is 1.08 bits per heavy atom. The molecule has 2 heterocycles. The molecule has 0 saturated carbocycles. The zero-order chi connectivity index (χ0) is 39.8. The molecule has 8 N–H and O–H groups in total. The summed E-state index contributed by atoms with van der Waals surface area (Å²) in [4.78, 5) is 0. The van der Waals surface area contributed by atoms with Crippen molar-refractivity contribution in [2.24, 2.45) is 0 Å². The highest BCUT2D eigenvalue weighted by Crippen LogP contribution is 2.36. The van der Waals surface area contributed by atoms with E-state index in [9.17, 15) is 82.2 Å². The summed E-state index contributed by atoms with van der Waals surface area (Å²) in [7, 11) is -41.2. The average molecular weight is 903 g/mol. The van der Waals surface area contributed by atoms with Crippen LogP contribution in [0.5, 0.6) is 0 Å². The molecule has 51 heavy (non-hydrogen) atoms. The van der Waals surface area contributed by atoms with Gasteiger partial charge in [0.1, 0.15) is 36.6 Å². The van der Waals surface area contributed by atoms with Gasteiger partial charge in [0.25, 0.3) is 0 Å². The third-order valence-corrected chi connectivity index (χ3v) is 8.61. The fourth-order valence-corrected chi connectivity index (χ4v) is 7.11. The number of hydrogen-bond acceptors (Lipinski definition) is 25. The minimum Gasteiger partial charge on any atom is -0.366 e. The van der Waals surface area contributed by atoms with Gasteiger partial charge in [0.05, 0.1) is 13.2 Å². The monoisotopic (exact) mass is 902 g/mol. The zero-order valence-corrected chi connectivity index (χ0v) is 29.1. The average Bonchev–Trinajstić information content (AvgIpc) is 2.84. The van der Waals surface area contributed by atoms with E-state index in [2.05, 4.69) is 29.3 Å². The van der Waals surface area contributed by atoms with E-state index in [0.29, 0.717) is 0 Å². The first kappa shape index (κ1) is 46.1. The molecule has 0 unspecified atom stereocenters. The van der Waals surface area contributed by atoms with Crippen LogP contribution in [-0.2, 0) is 116 Å². The normalized spacial score (nSPS) is 32.1. The van der Waals surface area contributed by atoms with E-state index in [0.717, 1.165) is 0 Å². The Balaban J connectivity index is 2.92. The summed E-state index contributed by atoms with van der Waals surface area (Å²) in [5.41, 5.74) is 0. The molecule has 2 aliphatic rings. The van der Waals surface area contributed by atoms with Crippen LogP contribution in [-0.4, -0.2) is 171 Å². The number of aliphatic hydroxyl groups is 1. The molecule has 2 fully saturated rings. The second-order valence-electron chi connectivity index (χ2n) is 9.08. The number of hydrogen-bond donors (Lipinski definition) is 8. The predicted molar refractivity (Wildman–Crippen MR) is 142 cm³/mol. The molecule has 10 atom stereocenters. The van der Waals surface area contributed by atoms with Gasteiger partial charge in [-0.1, -0.05) is 0 Å². The van der Waals surface area contributed by atoms with E-state index in [1.54, 1.807) is 0 Å². The Morgan fingerprint density at radius 2 is 0.706 bits per heavy atom. The van der Waals surface area contributed by atoms with Crippen molar-refractivity contribution in [2.45, 2.75) is 61.4 Å². The first-order valence-electron chi connectivity index (χ1n) is 11.7. The van der Waals surface area contributed by atoms with Gasteiger partial charge in [-0.3, -0.25) is 31.9 Å². The van der Waals surface area contributed by atoms with Gasteiger partial charge < -0.3 is 19.3 Å². The van der Waals surface area contributed by atoms with Crippen LogP contribution >= 0.6 is 0 Å². The van der Waals surface area contributed by atoms with Gasteiger partial charge in [-0.05, 0) is 0 Å². The van der Waals surface area contributed by atoms with Crippen molar-refractivity contribution < 1.29 is 139 Å². The molecule has 39 heteroatoms. The van der Waals surface area contributed by atoms with Crippen molar-refractivity contribution in [3.05, 3.63) is 0 Å². The number of ether oxygens (including phenoxy) is 3. The maximum Gasteiger partial charge on any atom is 0.397 e. The quantitative estimate of drug-likeness (QED) is 0.0593. The Kier molecular flexibility index (Phi) is 14.8. The van der Waals surface area contributed by atoms with Gasteiger partial charge in [0.15, 0.2) is 24.8 Å². The van der Waals surface area contributed by atoms with Crippen LogP contribution in [0.15, 0.2) is 0 Å². The zero-order valence-electron chi connectivity index (χ0n) is 23.4. The standard InChI is InChI=1S/C12H22O32S7/c13-11-9(43-50(29,30)31)7(41-48(23,24)25)5(3(37-11)1-35-45(14,15)16)39-12-10(44-51(32,33)34)8(42-49(26,27)28)6(40-47(20,21)22)4(38-12)2-36-46(17,18)19/h3-13H,1-2H2,(H,14,15,16)(H,17,18,19)(H,20,21,22)(H,23,24,25)(H,26,27,28)(H,29,30,31)(H,32,33,34)/t3-,4-,5+,6-,7-,8-,9-,10-,11+,12-/m0/s1. The third-order valence-electron chi connectivity index (χ3n) is 5.42. The van der Waals surface area contributed by atoms with Gasteiger partial charge in [-0.2, -0.15) is 58.9 Å². The molecule has 0 bridgehead atoms. The summed E-state index contributed by atoms with van der Waals surface area (Å²) < 4.78 is 269. The highest BCUT2D eigenvalue weighted by Gasteiger charge is 2.58. The molecule has 0 spiro atoms. The van der Waals surface area contributed by atoms with Crippen molar-refractivity contribution in [2.75, 3.05) is 13.2 Å². The predicted octanol–water partition coefficient (Wildman–Crippen LogP) is -6.61. The largest absolute Gasteiger partial charge is 0.397 e. The SMILES string of the molecule is O=S(=O)(O)OC[C@@H]1O[C@@H](O[C@H]2[C@H](OS(=O)(=O)O)[C@H](OS(=O)(=O)O)[C@H](O)O[C@H]2COS(=O)(=O)O)[C@@H](OS(=O)(=O)O)[C@@H](OS(=O)(=O)O)[C@H]1OS(=O)(=O)O. The van der Waals surface area contributed by atoms with Crippen LogP contribution in [0.4, 0.5) is 0 Å². The highest BCUT2D eigenvalue weighted by molar-refractivity contribution is 7.82. The summed E-state index contributed by atoms with van der Waals surface area (Å²) in [5.74, 6) is 0. The van der Waals surface area contributed by atoms with Crippen molar-refractivity contribution in [3.8, 4) is 0 Å². The van der Waals surface area contributed by atoms with E-state index in [-0.39, 0.29) is 0 Å². The second-order valence-corrected chi connectivity index (χ2v) is 16.5. The van der Waals surface area contributed by atoms with Crippen molar-refractivity contribution in [3.63, 3.8) is 0 Å². The van der Waals surface area contributed by atoms with E-state index < -0.39 is 147 Å². The summed E-state index contributed by atoms with van der Waals surface area (Å²) in [6.07, 6.45) is -30.2. The molecule has 0 aliphatic carbocycles. The molecule has 0 aromatic heterocycles. The first-order chi connectivity index (χ1) is 22.5. The van der Waals surface area contributed by atoms with E-state index in [1.807, 2.05) is 0 Å². The Labute approximate surface area is 286 Å². The highest BCUT2D eigenvalue weighted by atomic mass is 32.3. The smallest absolute Gasteiger partial charge is 0.366 e. The molecule has 0 radical (unpaired) electrons. The van der Waals surface area contributed by atoms with Crippen LogP contribution in [0.1, 0.15) is 0 Å². The van der Waals surface area contributed by atoms with Gasteiger partial charge >= 0.3 is 72.8 Å². The lowest BCUT2D eigenvalue weighted by atomic mass is 9.97. The van der Waals surface area contributed by atoms with Crippen LogP contribution in [0.25, 0.3) is 0 Å². The second kappa shape index (κ2) is 16.3. The summed E-state index contributed by atoms with van der Waals surface area (Å²) in [6.45, 7) is -3.59. The van der Waals surface area contributed by atoms with E-state index in [1.165, 1.54) is 0 Å². The third kappa shape index (κ3) is 16.9. The molecule has 304 valence electrons. The fraction of sp³-hybridized carbons (Fsp3) is 1.00. The lowest BCUT2D eigenvalue weighted by Crippen LogP contribution is -2.67. The maximum absolute atomic E-state index is 11.7. The fourth-order valence-electron chi connectivity index (χ4n) is 4.02. The lowest BCUT2D eigenvalue weighted by Gasteiger charge is -2.47. The molecule has 0 aromatic carbocycles. The molecule has 2 saturated heterocycles. The molecule has 2 aliphatic heterocycles. The van der Waals surface area contributed by atoms with E-state index >= 15 is 0 Å². The van der Waals surface area contributed by atoms with Crippen molar-refractivity contribution in [1.82, 2.24) is 0 Å². The molecule has 0 amide bonds. The van der Waals surface area contributed by atoms with Crippen LogP contribution < -0.4 is 0 Å². The minimum absolute atomic E-state index is 1.74. The van der Waals surface area contributed by atoms with Gasteiger partial charge in [0, 0.05) is 0 Å².